The van der Waals surface area contributed by atoms with Crippen molar-refractivity contribution >= 4 is 45.0 Å². The molecule has 0 saturated heterocycles. The Morgan fingerprint density at radius 3 is 2.34 bits per heavy atom. The van der Waals surface area contributed by atoms with Crippen LogP contribution < -0.4 is 4.90 Å². The van der Waals surface area contributed by atoms with Crippen molar-refractivity contribution in [1.82, 2.24) is 9.88 Å². The highest BCUT2D eigenvalue weighted by Crippen LogP contribution is 2.32. The Morgan fingerprint density at radius 2 is 1.66 bits per heavy atom. The first kappa shape index (κ1) is 23.3. The van der Waals surface area contributed by atoms with Gasteiger partial charge in [0.15, 0.2) is 5.13 Å². The number of fused-ring (bicyclic) bond motifs is 1. The number of rotatable bonds is 6. The van der Waals surface area contributed by atoms with Crippen molar-refractivity contribution < 1.29 is 4.79 Å². The number of carbonyl (C=O) groups is 1. The predicted molar refractivity (Wildman–Crippen MR) is 127 cm³/mol. The number of halogens is 1. The zero-order valence-electron chi connectivity index (χ0n) is 18.1. The summed E-state index contributed by atoms with van der Waals surface area (Å²) in [6.45, 7) is 9.82. The summed E-state index contributed by atoms with van der Waals surface area (Å²) in [4.78, 5) is 22.3. The van der Waals surface area contributed by atoms with E-state index in [9.17, 15) is 4.79 Å². The fraction of sp³-hybridized carbons (Fsp3) is 0.391. The Kier molecular flexibility index (Phi) is 7.80. The zero-order valence-corrected chi connectivity index (χ0v) is 19.7. The third-order valence-corrected chi connectivity index (χ3v) is 6.12. The van der Waals surface area contributed by atoms with Gasteiger partial charge in [-0.15, -0.1) is 12.4 Å². The van der Waals surface area contributed by atoms with Gasteiger partial charge in [0.25, 0.3) is 5.91 Å². The van der Waals surface area contributed by atoms with E-state index in [4.69, 9.17) is 4.98 Å². The molecule has 29 heavy (non-hydrogen) atoms. The van der Waals surface area contributed by atoms with Gasteiger partial charge in [0, 0.05) is 12.1 Å². The average molecular weight is 432 g/mol. The van der Waals surface area contributed by atoms with Gasteiger partial charge in [-0.05, 0) is 89.6 Å². The van der Waals surface area contributed by atoms with Gasteiger partial charge in [-0.2, -0.15) is 0 Å². The zero-order chi connectivity index (χ0) is 20.4. The van der Waals surface area contributed by atoms with Gasteiger partial charge in [0.05, 0.1) is 10.2 Å². The number of benzene rings is 2. The molecule has 156 valence electrons. The van der Waals surface area contributed by atoms with Crippen LogP contribution in [0, 0.1) is 27.7 Å². The van der Waals surface area contributed by atoms with Crippen molar-refractivity contribution in [3.8, 4) is 0 Å². The molecular weight excluding hydrogens is 402 g/mol. The summed E-state index contributed by atoms with van der Waals surface area (Å²) in [6.07, 6.45) is 0.900. The van der Waals surface area contributed by atoms with Gasteiger partial charge >= 0.3 is 0 Å². The first-order valence-corrected chi connectivity index (χ1v) is 10.5. The van der Waals surface area contributed by atoms with Crippen LogP contribution in [-0.2, 0) is 0 Å². The Morgan fingerprint density at radius 1 is 0.966 bits per heavy atom. The molecule has 0 aliphatic heterocycles. The smallest absolute Gasteiger partial charge is 0.260 e. The molecule has 1 heterocycles. The molecule has 0 aliphatic carbocycles. The average Bonchev–Trinajstić information content (AvgIpc) is 3.02. The number of anilines is 1. The molecule has 0 spiro atoms. The van der Waals surface area contributed by atoms with Crippen LogP contribution in [0.25, 0.3) is 10.2 Å². The lowest BCUT2D eigenvalue weighted by Gasteiger charge is -2.22. The van der Waals surface area contributed by atoms with E-state index in [0.29, 0.717) is 6.54 Å². The van der Waals surface area contributed by atoms with E-state index in [1.54, 1.807) is 11.3 Å². The summed E-state index contributed by atoms with van der Waals surface area (Å²) in [6, 6.07) is 10.3. The molecule has 0 bridgehead atoms. The fourth-order valence-electron chi connectivity index (χ4n) is 3.22. The lowest BCUT2D eigenvalue weighted by Crippen LogP contribution is -2.34. The third kappa shape index (κ3) is 5.35. The summed E-state index contributed by atoms with van der Waals surface area (Å²) >= 11 is 1.60. The van der Waals surface area contributed by atoms with Gasteiger partial charge in [-0.1, -0.05) is 29.0 Å². The van der Waals surface area contributed by atoms with Crippen molar-refractivity contribution in [3.63, 3.8) is 0 Å². The number of aryl methyl sites for hydroxylation is 4. The molecular formula is C23H30ClN3OS. The van der Waals surface area contributed by atoms with Crippen LogP contribution in [0.3, 0.4) is 0 Å². The largest absolute Gasteiger partial charge is 0.309 e. The van der Waals surface area contributed by atoms with Gasteiger partial charge in [-0.25, -0.2) is 4.98 Å². The molecule has 3 aromatic rings. The topological polar surface area (TPSA) is 36.4 Å². The number of carbonyl (C=O) groups excluding carboxylic acids is 1. The molecule has 1 aromatic heterocycles. The van der Waals surface area contributed by atoms with E-state index in [0.717, 1.165) is 45.0 Å². The van der Waals surface area contributed by atoms with Crippen molar-refractivity contribution in [3.05, 3.63) is 58.1 Å². The van der Waals surface area contributed by atoms with Gasteiger partial charge in [-0.3, -0.25) is 9.69 Å². The fourth-order valence-corrected chi connectivity index (χ4v) is 4.29. The second-order valence-corrected chi connectivity index (χ2v) is 8.84. The van der Waals surface area contributed by atoms with Crippen molar-refractivity contribution in [2.24, 2.45) is 0 Å². The Bertz CT molecular complexity index is 974. The maximum absolute atomic E-state index is 13.5. The second kappa shape index (κ2) is 9.70. The molecule has 0 unspecified atom stereocenters. The SMILES string of the molecule is Cc1ccc(C)c(C(=O)N(CCCN(C)C)c2nc3cc(C)c(C)cc3s2)c1.Cl. The Hall–Kier alpha value is -1.95. The van der Waals surface area contributed by atoms with Crippen LogP contribution in [0.15, 0.2) is 30.3 Å². The van der Waals surface area contributed by atoms with Gasteiger partial charge in [0.2, 0.25) is 0 Å². The highest BCUT2D eigenvalue weighted by atomic mass is 35.5. The number of aromatic nitrogens is 1. The molecule has 3 rings (SSSR count). The quantitative estimate of drug-likeness (QED) is 0.513. The summed E-state index contributed by atoms with van der Waals surface area (Å²) in [5.74, 6) is 0.0347. The molecule has 0 aliphatic rings. The Labute approximate surface area is 184 Å². The lowest BCUT2D eigenvalue weighted by molar-refractivity contribution is 0.0985. The second-order valence-electron chi connectivity index (χ2n) is 7.83. The van der Waals surface area contributed by atoms with E-state index in [2.05, 4.69) is 45.0 Å². The normalized spacial score (nSPS) is 11.0. The number of amides is 1. The van der Waals surface area contributed by atoms with Crippen LogP contribution in [0.5, 0.6) is 0 Å². The molecule has 1 amide bonds. The number of hydrogen-bond acceptors (Lipinski definition) is 4. The van der Waals surface area contributed by atoms with Crippen molar-refractivity contribution in [1.29, 1.82) is 0 Å². The molecule has 6 heteroatoms. The summed E-state index contributed by atoms with van der Waals surface area (Å²) in [5.41, 5.74) is 6.30. The lowest BCUT2D eigenvalue weighted by atomic mass is 10.0. The molecule has 0 fully saturated rings. The van der Waals surface area contributed by atoms with Gasteiger partial charge < -0.3 is 4.90 Å². The molecule has 2 aromatic carbocycles. The van der Waals surface area contributed by atoms with Crippen LogP contribution in [0.4, 0.5) is 5.13 Å². The van der Waals surface area contributed by atoms with E-state index >= 15 is 0 Å². The highest BCUT2D eigenvalue weighted by Gasteiger charge is 2.22. The van der Waals surface area contributed by atoms with Crippen LogP contribution in [-0.4, -0.2) is 43.0 Å². The van der Waals surface area contributed by atoms with E-state index < -0.39 is 0 Å². The van der Waals surface area contributed by atoms with E-state index in [1.807, 2.05) is 36.9 Å². The first-order valence-electron chi connectivity index (χ1n) is 9.68. The van der Waals surface area contributed by atoms with Crippen molar-refractivity contribution in [2.75, 3.05) is 32.1 Å². The Balaban J connectivity index is 0.00000300. The number of nitrogens with zero attached hydrogens (tertiary/aromatic N) is 3. The van der Waals surface area contributed by atoms with E-state index in [-0.39, 0.29) is 18.3 Å². The number of thiazole rings is 1. The summed E-state index contributed by atoms with van der Waals surface area (Å²) in [5, 5.41) is 0.782. The summed E-state index contributed by atoms with van der Waals surface area (Å²) < 4.78 is 1.13. The maximum Gasteiger partial charge on any atom is 0.260 e. The minimum absolute atomic E-state index is 0. The predicted octanol–water partition coefficient (Wildman–Crippen LogP) is 5.55. The van der Waals surface area contributed by atoms with Gasteiger partial charge in [0.1, 0.15) is 0 Å². The molecule has 0 saturated carbocycles. The molecule has 0 radical (unpaired) electrons. The van der Waals surface area contributed by atoms with Crippen molar-refractivity contribution in [2.45, 2.75) is 34.1 Å². The summed E-state index contributed by atoms with van der Waals surface area (Å²) in [7, 11) is 4.11. The molecule has 0 atom stereocenters. The monoisotopic (exact) mass is 431 g/mol. The molecule has 4 nitrogen and oxygen atoms in total. The molecule has 0 N–H and O–H groups in total. The minimum Gasteiger partial charge on any atom is -0.309 e. The van der Waals surface area contributed by atoms with Crippen LogP contribution in [0.2, 0.25) is 0 Å². The number of hydrogen-bond donors (Lipinski definition) is 0. The maximum atomic E-state index is 13.5. The minimum atomic E-state index is 0. The van der Waals surface area contributed by atoms with E-state index in [1.165, 1.54) is 11.1 Å². The third-order valence-electron chi connectivity index (χ3n) is 5.08. The first-order chi connectivity index (χ1) is 13.3. The van der Waals surface area contributed by atoms with Crippen LogP contribution in [0.1, 0.15) is 39.0 Å². The van der Waals surface area contributed by atoms with Crippen LogP contribution >= 0.6 is 23.7 Å². The standard InChI is InChI=1S/C23H29N3OS.ClH/c1-15-8-9-16(2)19(12-15)22(27)26(11-7-10-25(5)6)23-24-20-13-17(3)18(4)14-21(20)28-23;/h8-9,12-14H,7,10-11H2,1-6H3;1H. The highest BCUT2D eigenvalue weighted by molar-refractivity contribution is 7.22.